The standard InChI is InChI=1S/C16H19BrN4O2S/c17-13-8-15(24(18,22)23)16(20-10-13)19-9-12-6-7-21(11-12)14-4-2-1-3-5-14/h1-5,8,10,12H,6-7,9,11H2,(H,19,20)(H2,18,22,23). The van der Waals surface area contributed by atoms with Crippen molar-refractivity contribution in [2.24, 2.45) is 11.1 Å². The molecule has 128 valence electrons. The number of nitrogens with one attached hydrogen (secondary N) is 1. The number of pyridine rings is 1. The van der Waals surface area contributed by atoms with E-state index in [-0.39, 0.29) is 4.90 Å². The topological polar surface area (TPSA) is 88.3 Å². The lowest BCUT2D eigenvalue weighted by Gasteiger charge is -2.19. The van der Waals surface area contributed by atoms with Crippen molar-refractivity contribution < 1.29 is 8.42 Å². The number of rotatable bonds is 5. The molecule has 3 N–H and O–H groups in total. The van der Waals surface area contributed by atoms with Gasteiger partial charge in [-0.2, -0.15) is 0 Å². The van der Waals surface area contributed by atoms with Crippen molar-refractivity contribution in [2.45, 2.75) is 11.3 Å². The highest BCUT2D eigenvalue weighted by Crippen LogP contribution is 2.25. The number of sulfonamides is 1. The molecule has 6 nitrogen and oxygen atoms in total. The molecule has 2 aromatic rings. The summed E-state index contributed by atoms with van der Waals surface area (Å²) in [6.07, 6.45) is 2.60. The molecule has 1 atom stereocenters. The molecule has 1 aromatic heterocycles. The van der Waals surface area contributed by atoms with E-state index in [1.165, 1.54) is 11.8 Å². The maximum atomic E-state index is 11.7. The highest BCUT2D eigenvalue weighted by molar-refractivity contribution is 9.10. The Morgan fingerprint density at radius 1 is 1.33 bits per heavy atom. The molecule has 3 rings (SSSR count). The van der Waals surface area contributed by atoms with Crippen LogP contribution in [0.4, 0.5) is 11.5 Å². The minimum absolute atomic E-state index is 0.00906. The molecule has 1 aliphatic rings. The molecule has 8 heteroatoms. The summed E-state index contributed by atoms with van der Waals surface area (Å²) >= 11 is 3.22. The van der Waals surface area contributed by atoms with Gasteiger partial charge in [-0.15, -0.1) is 0 Å². The predicted molar refractivity (Wildman–Crippen MR) is 98.6 cm³/mol. The molecule has 0 aliphatic carbocycles. The van der Waals surface area contributed by atoms with Crippen molar-refractivity contribution in [1.29, 1.82) is 0 Å². The van der Waals surface area contributed by atoms with Crippen LogP contribution < -0.4 is 15.4 Å². The second kappa shape index (κ2) is 7.08. The number of anilines is 2. The zero-order valence-corrected chi connectivity index (χ0v) is 15.4. The fourth-order valence-corrected chi connectivity index (χ4v) is 4.05. The Kier molecular flexibility index (Phi) is 5.07. The molecule has 1 saturated heterocycles. The van der Waals surface area contributed by atoms with Crippen molar-refractivity contribution >= 4 is 37.5 Å². The Labute approximate surface area is 150 Å². The van der Waals surface area contributed by atoms with Crippen LogP contribution in [-0.4, -0.2) is 33.0 Å². The molecule has 0 amide bonds. The summed E-state index contributed by atoms with van der Waals surface area (Å²) in [6, 6.07) is 11.7. The van der Waals surface area contributed by atoms with Gasteiger partial charge in [-0.05, 0) is 46.5 Å². The molecule has 0 radical (unpaired) electrons. The summed E-state index contributed by atoms with van der Waals surface area (Å²) in [5.74, 6) is 0.725. The lowest BCUT2D eigenvalue weighted by molar-refractivity contribution is 0.596. The van der Waals surface area contributed by atoms with E-state index >= 15 is 0 Å². The number of halogens is 1. The van der Waals surface area contributed by atoms with Crippen LogP contribution in [0.2, 0.25) is 0 Å². The molecule has 1 fully saturated rings. The molecule has 2 heterocycles. The highest BCUT2D eigenvalue weighted by atomic mass is 79.9. The summed E-state index contributed by atoms with van der Waals surface area (Å²) < 4.78 is 24.0. The van der Waals surface area contributed by atoms with Crippen LogP contribution in [0.15, 0.2) is 52.0 Å². The van der Waals surface area contributed by atoms with E-state index in [2.05, 4.69) is 43.3 Å². The van der Waals surface area contributed by atoms with E-state index in [0.29, 0.717) is 22.8 Å². The fourth-order valence-electron chi connectivity index (χ4n) is 2.88. The van der Waals surface area contributed by atoms with Gasteiger partial charge in [-0.1, -0.05) is 18.2 Å². The minimum Gasteiger partial charge on any atom is -0.371 e. The van der Waals surface area contributed by atoms with E-state index in [1.807, 2.05) is 18.2 Å². The third kappa shape index (κ3) is 4.06. The third-order valence-corrected chi connectivity index (χ3v) is 5.45. The molecule has 1 unspecified atom stereocenters. The van der Waals surface area contributed by atoms with Crippen molar-refractivity contribution in [3.8, 4) is 0 Å². The number of nitrogens with zero attached hydrogens (tertiary/aromatic N) is 2. The summed E-state index contributed by atoms with van der Waals surface area (Å²) in [5, 5.41) is 8.41. The van der Waals surface area contributed by atoms with Gasteiger partial charge in [0.1, 0.15) is 10.7 Å². The number of benzene rings is 1. The number of aromatic nitrogens is 1. The van der Waals surface area contributed by atoms with Crippen molar-refractivity contribution in [3.63, 3.8) is 0 Å². The van der Waals surface area contributed by atoms with Crippen molar-refractivity contribution in [3.05, 3.63) is 47.1 Å². The predicted octanol–water partition coefficient (Wildman–Crippen LogP) is 2.43. The smallest absolute Gasteiger partial charge is 0.241 e. The summed E-state index contributed by atoms with van der Waals surface area (Å²) in [5.41, 5.74) is 1.21. The molecular weight excluding hydrogens is 392 g/mol. The van der Waals surface area contributed by atoms with Gasteiger partial charge in [0, 0.05) is 36.0 Å². The van der Waals surface area contributed by atoms with Crippen LogP contribution in [0.25, 0.3) is 0 Å². The first-order chi connectivity index (χ1) is 11.4. The van der Waals surface area contributed by atoms with Crippen LogP contribution in [0, 0.1) is 5.92 Å². The number of nitrogens with two attached hydrogens (primary N) is 1. The molecule has 24 heavy (non-hydrogen) atoms. The number of hydrogen-bond acceptors (Lipinski definition) is 5. The second-order valence-electron chi connectivity index (χ2n) is 5.86. The van der Waals surface area contributed by atoms with Gasteiger partial charge in [0.15, 0.2) is 0 Å². The lowest BCUT2D eigenvalue weighted by Crippen LogP contribution is -2.23. The first-order valence-electron chi connectivity index (χ1n) is 7.66. The van der Waals surface area contributed by atoms with E-state index < -0.39 is 10.0 Å². The summed E-state index contributed by atoms with van der Waals surface area (Å²) in [4.78, 5) is 6.50. The Morgan fingerprint density at radius 3 is 2.79 bits per heavy atom. The number of primary sulfonamides is 1. The number of hydrogen-bond donors (Lipinski definition) is 2. The zero-order chi connectivity index (χ0) is 17.2. The Bertz CT molecular complexity index is 814. The summed E-state index contributed by atoms with van der Waals surface area (Å²) in [7, 11) is -3.82. The lowest BCUT2D eigenvalue weighted by atomic mass is 10.1. The molecule has 1 aliphatic heterocycles. The van der Waals surface area contributed by atoms with E-state index in [4.69, 9.17) is 5.14 Å². The van der Waals surface area contributed by atoms with Gasteiger partial charge < -0.3 is 10.2 Å². The molecular formula is C16H19BrN4O2S. The Hall–Kier alpha value is -1.64. The van der Waals surface area contributed by atoms with Gasteiger partial charge in [0.05, 0.1) is 0 Å². The average molecular weight is 411 g/mol. The largest absolute Gasteiger partial charge is 0.371 e. The maximum Gasteiger partial charge on any atom is 0.241 e. The first-order valence-corrected chi connectivity index (χ1v) is 9.99. The maximum absolute atomic E-state index is 11.7. The van der Waals surface area contributed by atoms with E-state index in [1.54, 1.807) is 6.20 Å². The average Bonchev–Trinajstić information content (AvgIpc) is 3.02. The molecule has 1 aromatic carbocycles. The van der Waals surface area contributed by atoms with Crippen LogP contribution in [0.1, 0.15) is 6.42 Å². The zero-order valence-electron chi connectivity index (χ0n) is 13.0. The van der Waals surface area contributed by atoms with Crippen molar-refractivity contribution in [1.82, 2.24) is 4.98 Å². The number of para-hydroxylation sites is 1. The van der Waals surface area contributed by atoms with Crippen LogP contribution in [0.3, 0.4) is 0 Å². The first kappa shape index (κ1) is 17.2. The third-order valence-electron chi connectivity index (χ3n) is 4.09. The fraction of sp³-hybridized carbons (Fsp3) is 0.312. The van der Waals surface area contributed by atoms with Gasteiger partial charge >= 0.3 is 0 Å². The second-order valence-corrected chi connectivity index (χ2v) is 8.31. The van der Waals surface area contributed by atoms with Gasteiger partial charge in [-0.25, -0.2) is 18.5 Å². The molecule has 0 saturated carbocycles. The summed E-state index contributed by atoms with van der Waals surface area (Å²) in [6.45, 7) is 2.57. The van der Waals surface area contributed by atoms with Crippen LogP contribution in [0.5, 0.6) is 0 Å². The quantitative estimate of drug-likeness (QED) is 0.789. The van der Waals surface area contributed by atoms with Crippen LogP contribution >= 0.6 is 15.9 Å². The van der Waals surface area contributed by atoms with Gasteiger partial charge in [-0.3, -0.25) is 0 Å². The monoisotopic (exact) mass is 410 g/mol. The van der Waals surface area contributed by atoms with Gasteiger partial charge in [0.2, 0.25) is 10.0 Å². The Balaban J connectivity index is 1.65. The molecule has 0 bridgehead atoms. The van der Waals surface area contributed by atoms with Crippen LogP contribution in [-0.2, 0) is 10.0 Å². The molecule has 0 spiro atoms. The van der Waals surface area contributed by atoms with Crippen molar-refractivity contribution in [2.75, 3.05) is 29.9 Å². The minimum atomic E-state index is -3.82. The van der Waals surface area contributed by atoms with E-state index in [0.717, 1.165) is 19.5 Å². The Morgan fingerprint density at radius 2 is 2.08 bits per heavy atom. The van der Waals surface area contributed by atoms with E-state index in [9.17, 15) is 8.42 Å². The highest BCUT2D eigenvalue weighted by Gasteiger charge is 2.23. The SMILES string of the molecule is NS(=O)(=O)c1cc(Br)cnc1NCC1CCN(c2ccccc2)C1. The van der Waals surface area contributed by atoms with Gasteiger partial charge in [0.25, 0.3) is 0 Å². The normalized spacial score (nSPS) is 17.9.